The van der Waals surface area contributed by atoms with Crippen molar-refractivity contribution in [2.75, 3.05) is 25.5 Å². The molecular formula is C13H22ClN3. The molecule has 0 amide bonds. The number of anilines is 1. The van der Waals surface area contributed by atoms with Crippen LogP contribution in [0.3, 0.4) is 0 Å². The van der Waals surface area contributed by atoms with Crippen LogP contribution < -0.4 is 10.2 Å². The van der Waals surface area contributed by atoms with Crippen molar-refractivity contribution in [2.24, 2.45) is 0 Å². The number of hydrogen-bond donors (Lipinski definition) is 1. The van der Waals surface area contributed by atoms with Gasteiger partial charge >= 0.3 is 0 Å². The van der Waals surface area contributed by atoms with Gasteiger partial charge in [-0.1, -0.05) is 31.4 Å². The highest BCUT2D eigenvalue weighted by atomic mass is 35.5. The zero-order valence-corrected chi connectivity index (χ0v) is 11.7. The second-order valence-corrected chi connectivity index (χ2v) is 4.66. The molecule has 1 aromatic heterocycles. The fourth-order valence-electron chi connectivity index (χ4n) is 1.69. The number of nitrogens with zero attached hydrogens (tertiary/aromatic N) is 2. The van der Waals surface area contributed by atoms with E-state index in [0.717, 1.165) is 23.1 Å². The highest BCUT2D eigenvalue weighted by Crippen LogP contribution is 2.18. The van der Waals surface area contributed by atoms with E-state index in [9.17, 15) is 0 Å². The van der Waals surface area contributed by atoms with Crippen molar-refractivity contribution in [3.63, 3.8) is 0 Å². The third-order valence-electron chi connectivity index (χ3n) is 2.74. The number of hydrogen-bond acceptors (Lipinski definition) is 3. The van der Waals surface area contributed by atoms with Crippen molar-refractivity contribution in [3.05, 3.63) is 22.8 Å². The molecule has 0 fully saturated rings. The van der Waals surface area contributed by atoms with Gasteiger partial charge in [0, 0.05) is 20.1 Å². The first-order chi connectivity index (χ1) is 8.19. The lowest BCUT2D eigenvalue weighted by molar-refractivity contribution is 0.698. The van der Waals surface area contributed by atoms with Crippen LogP contribution in [-0.4, -0.2) is 25.6 Å². The summed E-state index contributed by atoms with van der Waals surface area (Å²) in [6.07, 6.45) is 3.72. The van der Waals surface area contributed by atoms with Gasteiger partial charge in [0.2, 0.25) is 0 Å². The van der Waals surface area contributed by atoms with Gasteiger partial charge in [-0.2, -0.15) is 0 Å². The quantitative estimate of drug-likeness (QED) is 0.759. The fourth-order valence-corrected chi connectivity index (χ4v) is 1.86. The number of nitrogens with one attached hydrogen (secondary N) is 1. The molecular weight excluding hydrogens is 234 g/mol. The molecule has 0 bridgehead atoms. The molecule has 0 aliphatic heterocycles. The van der Waals surface area contributed by atoms with Gasteiger partial charge in [0.25, 0.3) is 0 Å². The van der Waals surface area contributed by atoms with Crippen molar-refractivity contribution >= 4 is 17.4 Å². The van der Waals surface area contributed by atoms with Crippen LogP contribution in [0.1, 0.15) is 31.9 Å². The standard InChI is InChI=1S/C13H22ClN3/c1-4-5-6-9-17(3)13-8-7-11(14)12(16-13)10-15-2/h7-8,15H,4-6,9-10H2,1-3H3. The Hall–Kier alpha value is -0.800. The smallest absolute Gasteiger partial charge is 0.128 e. The molecule has 1 heterocycles. The Labute approximate surface area is 109 Å². The highest BCUT2D eigenvalue weighted by molar-refractivity contribution is 6.31. The molecule has 0 radical (unpaired) electrons. The summed E-state index contributed by atoms with van der Waals surface area (Å²) >= 11 is 6.09. The van der Waals surface area contributed by atoms with Gasteiger partial charge in [-0.25, -0.2) is 4.98 Å². The van der Waals surface area contributed by atoms with Crippen LogP contribution in [0.4, 0.5) is 5.82 Å². The molecule has 1 N–H and O–H groups in total. The predicted molar refractivity (Wildman–Crippen MR) is 74.8 cm³/mol. The maximum atomic E-state index is 6.09. The molecule has 1 aromatic rings. The Morgan fingerprint density at radius 2 is 2.12 bits per heavy atom. The van der Waals surface area contributed by atoms with Gasteiger partial charge in [0.05, 0.1) is 10.7 Å². The summed E-state index contributed by atoms with van der Waals surface area (Å²) in [5, 5.41) is 3.80. The van der Waals surface area contributed by atoms with Gasteiger partial charge in [0.15, 0.2) is 0 Å². The number of halogens is 1. The Morgan fingerprint density at radius 1 is 1.35 bits per heavy atom. The zero-order valence-electron chi connectivity index (χ0n) is 11.0. The van der Waals surface area contributed by atoms with E-state index in [2.05, 4.69) is 29.2 Å². The number of pyridine rings is 1. The maximum Gasteiger partial charge on any atom is 0.128 e. The van der Waals surface area contributed by atoms with E-state index < -0.39 is 0 Å². The maximum absolute atomic E-state index is 6.09. The van der Waals surface area contributed by atoms with Crippen LogP contribution in [0.5, 0.6) is 0 Å². The molecule has 0 spiro atoms. The normalized spacial score (nSPS) is 10.6. The Bertz CT molecular complexity index is 341. The highest BCUT2D eigenvalue weighted by Gasteiger charge is 2.06. The van der Waals surface area contributed by atoms with E-state index in [1.54, 1.807) is 0 Å². The van der Waals surface area contributed by atoms with E-state index in [4.69, 9.17) is 11.6 Å². The number of unbranched alkanes of at least 4 members (excludes halogenated alkanes) is 2. The van der Waals surface area contributed by atoms with Crippen LogP contribution >= 0.6 is 11.6 Å². The summed E-state index contributed by atoms with van der Waals surface area (Å²) < 4.78 is 0. The molecule has 0 aliphatic rings. The molecule has 0 aliphatic carbocycles. The van der Waals surface area contributed by atoms with Crippen molar-refractivity contribution in [1.29, 1.82) is 0 Å². The second-order valence-electron chi connectivity index (χ2n) is 4.26. The van der Waals surface area contributed by atoms with Crippen LogP contribution in [-0.2, 0) is 6.54 Å². The largest absolute Gasteiger partial charge is 0.360 e. The van der Waals surface area contributed by atoms with E-state index in [1.165, 1.54) is 19.3 Å². The summed E-state index contributed by atoms with van der Waals surface area (Å²) in [5.41, 5.74) is 0.911. The Morgan fingerprint density at radius 3 is 2.76 bits per heavy atom. The predicted octanol–water partition coefficient (Wildman–Crippen LogP) is 3.08. The average Bonchev–Trinajstić information content (AvgIpc) is 2.32. The van der Waals surface area contributed by atoms with E-state index in [1.807, 2.05) is 19.2 Å². The topological polar surface area (TPSA) is 28.2 Å². The van der Waals surface area contributed by atoms with Gasteiger partial charge in [0.1, 0.15) is 5.82 Å². The summed E-state index contributed by atoms with van der Waals surface area (Å²) in [7, 11) is 3.98. The lowest BCUT2D eigenvalue weighted by Crippen LogP contribution is -2.20. The SMILES string of the molecule is CCCCCN(C)c1ccc(Cl)c(CNC)n1. The first kappa shape index (κ1) is 14.3. The molecule has 96 valence electrons. The zero-order chi connectivity index (χ0) is 12.7. The minimum absolute atomic E-state index is 0.704. The van der Waals surface area contributed by atoms with Gasteiger partial charge in [-0.05, 0) is 25.6 Å². The molecule has 3 nitrogen and oxygen atoms in total. The van der Waals surface area contributed by atoms with Gasteiger partial charge in [-0.3, -0.25) is 0 Å². The van der Waals surface area contributed by atoms with Gasteiger partial charge < -0.3 is 10.2 Å². The van der Waals surface area contributed by atoms with Crippen LogP contribution in [0, 0.1) is 0 Å². The minimum Gasteiger partial charge on any atom is -0.360 e. The first-order valence-electron chi connectivity index (χ1n) is 6.20. The van der Waals surface area contributed by atoms with Crippen LogP contribution in [0.2, 0.25) is 5.02 Å². The van der Waals surface area contributed by atoms with Crippen molar-refractivity contribution in [1.82, 2.24) is 10.3 Å². The molecule has 0 saturated heterocycles. The Kier molecular flexibility index (Phi) is 6.30. The summed E-state index contributed by atoms with van der Waals surface area (Å²) in [6, 6.07) is 3.90. The number of aromatic nitrogens is 1. The fraction of sp³-hybridized carbons (Fsp3) is 0.615. The molecule has 0 unspecified atom stereocenters. The monoisotopic (exact) mass is 255 g/mol. The summed E-state index contributed by atoms with van der Waals surface area (Å²) in [5.74, 6) is 0.996. The summed E-state index contributed by atoms with van der Waals surface area (Å²) in [6.45, 7) is 3.96. The first-order valence-corrected chi connectivity index (χ1v) is 6.58. The van der Waals surface area contributed by atoms with Crippen molar-refractivity contribution in [3.8, 4) is 0 Å². The lowest BCUT2D eigenvalue weighted by atomic mass is 10.2. The second kappa shape index (κ2) is 7.51. The van der Waals surface area contributed by atoms with Crippen molar-refractivity contribution < 1.29 is 0 Å². The third-order valence-corrected chi connectivity index (χ3v) is 3.08. The third kappa shape index (κ3) is 4.52. The van der Waals surface area contributed by atoms with Gasteiger partial charge in [-0.15, -0.1) is 0 Å². The van der Waals surface area contributed by atoms with Crippen molar-refractivity contribution in [2.45, 2.75) is 32.7 Å². The molecule has 1 rings (SSSR count). The Balaban J connectivity index is 2.66. The average molecular weight is 256 g/mol. The van der Waals surface area contributed by atoms with Crippen LogP contribution in [0.25, 0.3) is 0 Å². The molecule has 17 heavy (non-hydrogen) atoms. The molecule has 0 atom stereocenters. The minimum atomic E-state index is 0.704. The lowest BCUT2D eigenvalue weighted by Gasteiger charge is -2.19. The number of rotatable bonds is 7. The molecule has 4 heteroatoms. The summed E-state index contributed by atoms with van der Waals surface area (Å²) in [4.78, 5) is 6.76. The molecule has 0 aromatic carbocycles. The van der Waals surface area contributed by atoms with Crippen LogP contribution in [0.15, 0.2) is 12.1 Å². The van der Waals surface area contributed by atoms with E-state index in [-0.39, 0.29) is 0 Å². The molecule has 0 saturated carbocycles. The van der Waals surface area contributed by atoms with E-state index >= 15 is 0 Å². The van der Waals surface area contributed by atoms with E-state index in [0.29, 0.717) is 6.54 Å².